The number of nitriles is 2. The first-order valence-corrected chi connectivity index (χ1v) is 9.06. The number of aromatic nitrogens is 2. The van der Waals surface area contributed by atoms with Crippen LogP contribution in [0.3, 0.4) is 0 Å². The summed E-state index contributed by atoms with van der Waals surface area (Å²) >= 11 is 2.89. The van der Waals surface area contributed by atoms with Crippen molar-refractivity contribution in [2.24, 2.45) is 0 Å². The molecular weight excluding hydrogens is 450 g/mol. The van der Waals surface area contributed by atoms with Crippen molar-refractivity contribution in [2.75, 3.05) is 4.93 Å². The first-order valence-electron chi connectivity index (χ1n) is 4.02. The second-order valence-electron chi connectivity index (χ2n) is 2.75. The quantitative estimate of drug-likeness (QED) is 0.408. The van der Waals surface area contributed by atoms with E-state index in [1.54, 1.807) is 0 Å². The molecule has 0 N–H and O–H groups in total. The van der Waals surface area contributed by atoms with E-state index >= 15 is 0 Å². The number of alkyl halides is 1. The Morgan fingerprint density at radius 3 is 2.38 bits per heavy atom. The minimum absolute atomic E-state index is 0.303. The van der Waals surface area contributed by atoms with E-state index in [-0.39, 0.29) is 21.2 Å². The molecule has 16 heavy (non-hydrogen) atoms. The van der Waals surface area contributed by atoms with Crippen LogP contribution in [0.4, 0.5) is 0 Å². The normalized spacial score (nSPS) is 10.2. The van der Waals surface area contributed by atoms with Crippen molar-refractivity contribution in [3.8, 4) is 12.1 Å². The van der Waals surface area contributed by atoms with Crippen molar-refractivity contribution >= 4 is 45.4 Å². The molecule has 0 amide bonds. The van der Waals surface area contributed by atoms with Crippen LogP contribution in [0.2, 0.25) is 0 Å². The third-order valence-electron chi connectivity index (χ3n) is 2.01. The van der Waals surface area contributed by atoms with Gasteiger partial charge in [0.2, 0.25) is 0 Å². The molecule has 0 radical (unpaired) electrons. The average molecular weight is 453 g/mol. The van der Waals surface area contributed by atoms with Gasteiger partial charge in [-0.3, -0.25) is 0 Å². The summed E-state index contributed by atoms with van der Waals surface area (Å²) in [5.74, 6) is 0. The molecule has 2 aromatic rings. The molecule has 0 aliphatic rings. The Labute approximate surface area is 120 Å². The van der Waals surface area contributed by atoms with Gasteiger partial charge in [0.05, 0.1) is 0 Å². The van der Waals surface area contributed by atoms with E-state index in [1.165, 1.54) is 0 Å². The molecule has 0 fully saturated rings. The molecule has 0 saturated heterocycles. The van der Waals surface area contributed by atoms with Gasteiger partial charge in [-0.25, -0.2) is 0 Å². The van der Waals surface area contributed by atoms with Crippen molar-refractivity contribution in [1.82, 2.24) is 8.75 Å². The molecule has 0 atom stereocenters. The van der Waals surface area contributed by atoms with Crippen LogP contribution < -0.4 is 21.2 Å². The maximum atomic E-state index is 9.15. The molecule has 1 aromatic carbocycles. The van der Waals surface area contributed by atoms with Gasteiger partial charge in [0.25, 0.3) is 0 Å². The standard InChI is InChI=1S/C9H3I2N4S/c1-11-7-5(3-13)4(2-12)6(10)8-9(7)15-16-14-8/h1H3/q-1. The molecular formula is C9H3I2N4S-. The molecule has 2 rings (SSSR count). The third kappa shape index (κ3) is 1.67. The summed E-state index contributed by atoms with van der Waals surface area (Å²) in [7, 11) is 0. The van der Waals surface area contributed by atoms with Gasteiger partial charge in [0.1, 0.15) is 0 Å². The molecule has 0 bridgehead atoms. The molecule has 0 unspecified atom stereocenters. The zero-order chi connectivity index (χ0) is 11.7. The van der Waals surface area contributed by atoms with Gasteiger partial charge in [-0.2, -0.15) is 0 Å². The van der Waals surface area contributed by atoms with E-state index in [4.69, 9.17) is 10.5 Å². The van der Waals surface area contributed by atoms with Crippen molar-refractivity contribution in [3.05, 3.63) is 18.3 Å². The first-order chi connectivity index (χ1) is 7.74. The summed E-state index contributed by atoms with van der Waals surface area (Å²) in [5, 5.41) is 18.3. The van der Waals surface area contributed by atoms with Gasteiger partial charge in [0, 0.05) is 0 Å². The topological polar surface area (TPSA) is 73.4 Å². The molecule has 4 nitrogen and oxygen atoms in total. The Morgan fingerprint density at radius 1 is 1.19 bits per heavy atom. The van der Waals surface area contributed by atoms with Gasteiger partial charge in [-0.1, -0.05) is 0 Å². The SMILES string of the molecule is C[I-]c1c(C#N)c(C#N)c(I)c2nsnc12. The summed E-state index contributed by atoms with van der Waals surface area (Å²) in [4.78, 5) is 2.06. The fourth-order valence-electron chi connectivity index (χ4n) is 1.33. The predicted octanol–water partition coefficient (Wildman–Crippen LogP) is -1.07. The van der Waals surface area contributed by atoms with E-state index in [1.807, 2.05) is 0 Å². The van der Waals surface area contributed by atoms with Gasteiger partial charge >= 0.3 is 121 Å². The zero-order valence-electron chi connectivity index (χ0n) is 7.95. The fourth-order valence-corrected chi connectivity index (χ4v) is 4.80. The third-order valence-corrected chi connectivity index (χ3v) is 5.71. The number of hydrogen-bond acceptors (Lipinski definition) is 5. The maximum absolute atomic E-state index is 9.15. The number of halogens is 2. The Balaban J connectivity index is 3.04. The fraction of sp³-hybridized carbons (Fsp3) is 0.111. The number of fused-ring (bicyclic) bond motifs is 1. The first kappa shape index (κ1) is 12.0. The van der Waals surface area contributed by atoms with Gasteiger partial charge in [-0.15, -0.1) is 0 Å². The average Bonchev–Trinajstić information content (AvgIpc) is 2.77. The molecule has 0 spiro atoms. The van der Waals surface area contributed by atoms with Gasteiger partial charge in [0.15, 0.2) is 0 Å². The second kappa shape index (κ2) is 4.77. The number of benzene rings is 1. The minimum atomic E-state index is -0.303. The second-order valence-corrected chi connectivity index (χ2v) is 6.52. The summed E-state index contributed by atoms with van der Waals surface area (Å²) < 4.78 is 10.1. The summed E-state index contributed by atoms with van der Waals surface area (Å²) in [6.07, 6.45) is 0. The Hall–Kier alpha value is -0.520. The van der Waals surface area contributed by atoms with Crippen LogP contribution in [0, 0.1) is 29.8 Å². The van der Waals surface area contributed by atoms with Crippen LogP contribution in [0.15, 0.2) is 0 Å². The summed E-state index contributed by atoms with van der Waals surface area (Å²) in [6, 6.07) is 4.22. The molecule has 0 aliphatic carbocycles. The monoisotopic (exact) mass is 453 g/mol. The van der Waals surface area contributed by atoms with Crippen molar-refractivity contribution in [1.29, 1.82) is 10.5 Å². The van der Waals surface area contributed by atoms with Gasteiger partial charge in [-0.05, 0) is 0 Å². The van der Waals surface area contributed by atoms with Crippen molar-refractivity contribution in [2.45, 2.75) is 0 Å². The van der Waals surface area contributed by atoms with Crippen LogP contribution in [0.1, 0.15) is 11.1 Å². The Bertz CT molecular complexity index is 650. The molecule has 1 heterocycles. The summed E-state index contributed by atoms with van der Waals surface area (Å²) in [6.45, 7) is 0. The van der Waals surface area contributed by atoms with Crippen LogP contribution in [-0.4, -0.2) is 13.7 Å². The Morgan fingerprint density at radius 2 is 1.81 bits per heavy atom. The Kier molecular flexibility index (Phi) is 3.56. The van der Waals surface area contributed by atoms with Crippen LogP contribution in [0.5, 0.6) is 0 Å². The van der Waals surface area contributed by atoms with Crippen LogP contribution in [0.25, 0.3) is 11.0 Å². The molecule has 0 aliphatic heterocycles. The van der Waals surface area contributed by atoms with Gasteiger partial charge < -0.3 is 0 Å². The number of rotatable bonds is 1. The molecule has 7 heteroatoms. The number of nitrogens with zero attached hydrogens (tertiary/aromatic N) is 4. The molecule has 80 valence electrons. The zero-order valence-corrected chi connectivity index (χ0v) is 13.1. The molecule has 0 saturated carbocycles. The van der Waals surface area contributed by atoms with Crippen molar-refractivity contribution in [3.63, 3.8) is 0 Å². The van der Waals surface area contributed by atoms with Crippen LogP contribution >= 0.6 is 34.3 Å². The molecule has 1 aromatic heterocycles. The predicted molar refractivity (Wildman–Crippen MR) is 64.2 cm³/mol. The van der Waals surface area contributed by atoms with Crippen LogP contribution in [-0.2, 0) is 0 Å². The van der Waals surface area contributed by atoms with E-state index in [0.717, 1.165) is 29.9 Å². The van der Waals surface area contributed by atoms with E-state index in [2.05, 4.69) is 48.4 Å². The van der Waals surface area contributed by atoms with Crippen molar-refractivity contribution < 1.29 is 21.2 Å². The van der Waals surface area contributed by atoms with E-state index in [0.29, 0.717) is 11.1 Å². The number of hydrogen-bond donors (Lipinski definition) is 0. The van der Waals surface area contributed by atoms with E-state index < -0.39 is 0 Å². The summed E-state index contributed by atoms with van der Waals surface area (Å²) in [5.41, 5.74) is 2.50. The van der Waals surface area contributed by atoms with E-state index in [9.17, 15) is 0 Å².